The summed E-state index contributed by atoms with van der Waals surface area (Å²) in [5.41, 5.74) is 1.76. The van der Waals surface area contributed by atoms with E-state index in [9.17, 15) is 14.6 Å². The molecule has 1 amide bonds. The first-order valence-electron chi connectivity index (χ1n) is 11.7. The number of hydrogen-bond acceptors (Lipinski definition) is 7. The predicted molar refractivity (Wildman–Crippen MR) is 130 cm³/mol. The number of carboxylic acid groups (broad SMARTS) is 1. The summed E-state index contributed by atoms with van der Waals surface area (Å²) in [6, 6.07) is 13.0. The van der Waals surface area contributed by atoms with Gasteiger partial charge in [0, 0.05) is 32.7 Å². The molecule has 2 aromatic carbocycles. The van der Waals surface area contributed by atoms with Gasteiger partial charge in [-0.2, -0.15) is 0 Å². The molecule has 0 aromatic heterocycles. The third-order valence-electron chi connectivity index (χ3n) is 5.89. The van der Waals surface area contributed by atoms with Gasteiger partial charge >= 0.3 is 19.2 Å². The SMILES string of the molecule is CC(C)(C)OC(=O)N1CCN(Cc2cccc(Oc3ccc4c(c3)B(O)OC4CC(=O)O)c2)CC1. The van der Waals surface area contributed by atoms with E-state index in [1.807, 2.05) is 45.0 Å². The maximum Gasteiger partial charge on any atom is 0.492 e. The molecule has 2 N–H and O–H groups in total. The molecule has 0 saturated carbocycles. The van der Waals surface area contributed by atoms with E-state index >= 15 is 0 Å². The van der Waals surface area contributed by atoms with E-state index in [1.165, 1.54) is 0 Å². The van der Waals surface area contributed by atoms with Gasteiger partial charge in [0.25, 0.3) is 0 Å². The Balaban J connectivity index is 1.35. The lowest BCUT2D eigenvalue weighted by Crippen LogP contribution is -2.49. The van der Waals surface area contributed by atoms with Crippen LogP contribution >= 0.6 is 0 Å². The quantitative estimate of drug-likeness (QED) is 0.606. The van der Waals surface area contributed by atoms with Gasteiger partial charge < -0.3 is 29.2 Å². The molecule has 35 heavy (non-hydrogen) atoms. The molecule has 9 nitrogen and oxygen atoms in total. The highest BCUT2D eigenvalue weighted by Gasteiger charge is 2.36. The van der Waals surface area contributed by atoms with Gasteiger partial charge in [-0.3, -0.25) is 9.69 Å². The first-order valence-corrected chi connectivity index (χ1v) is 11.7. The lowest BCUT2D eigenvalue weighted by molar-refractivity contribution is -0.138. The van der Waals surface area contributed by atoms with Crippen LogP contribution in [-0.2, 0) is 20.7 Å². The highest BCUT2D eigenvalue weighted by atomic mass is 16.6. The number of piperazine rings is 1. The highest BCUT2D eigenvalue weighted by Crippen LogP contribution is 2.30. The van der Waals surface area contributed by atoms with Crippen molar-refractivity contribution in [1.29, 1.82) is 0 Å². The molecule has 0 aliphatic carbocycles. The van der Waals surface area contributed by atoms with Crippen molar-refractivity contribution in [3.8, 4) is 11.5 Å². The average Bonchev–Trinajstić information content (AvgIpc) is 3.07. The summed E-state index contributed by atoms with van der Waals surface area (Å²) in [5, 5.41) is 19.2. The Bertz CT molecular complexity index is 1080. The van der Waals surface area contributed by atoms with Crippen molar-refractivity contribution in [2.75, 3.05) is 26.2 Å². The van der Waals surface area contributed by atoms with E-state index in [0.29, 0.717) is 35.6 Å². The number of ether oxygens (including phenoxy) is 2. The topological polar surface area (TPSA) is 109 Å². The van der Waals surface area contributed by atoms with E-state index in [-0.39, 0.29) is 12.5 Å². The number of fused-ring (bicyclic) bond motifs is 1. The van der Waals surface area contributed by atoms with Crippen LogP contribution in [0.15, 0.2) is 42.5 Å². The van der Waals surface area contributed by atoms with Gasteiger partial charge in [-0.25, -0.2) is 4.79 Å². The van der Waals surface area contributed by atoms with E-state index < -0.39 is 24.8 Å². The molecule has 2 aliphatic heterocycles. The van der Waals surface area contributed by atoms with Crippen molar-refractivity contribution in [2.24, 2.45) is 0 Å². The maximum absolute atomic E-state index is 12.3. The first-order chi connectivity index (χ1) is 16.6. The average molecular weight is 482 g/mol. The Kier molecular flexibility index (Phi) is 7.35. The minimum absolute atomic E-state index is 0.210. The van der Waals surface area contributed by atoms with Crippen LogP contribution in [0.1, 0.15) is 44.4 Å². The monoisotopic (exact) mass is 482 g/mol. The second kappa shape index (κ2) is 10.3. The van der Waals surface area contributed by atoms with Gasteiger partial charge in [0.1, 0.15) is 17.1 Å². The molecule has 2 aromatic rings. The summed E-state index contributed by atoms with van der Waals surface area (Å²) in [5.74, 6) is 0.203. The van der Waals surface area contributed by atoms with Crippen LogP contribution in [0.2, 0.25) is 0 Å². The number of carboxylic acids is 1. The normalized spacial score (nSPS) is 18.3. The zero-order chi connectivity index (χ0) is 25.2. The van der Waals surface area contributed by atoms with E-state index in [4.69, 9.17) is 19.2 Å². The van der Waals surface area contributed by atoms with E-state index in [0.717, 1.165) is 25.2 Å². The molecule has 0 spiro atoms. The summed E-state index contributed by atoms with van der Waals surface area (Å²) in [6.45, 7) is 9.07. The zero-order valence-electron chi connectivity index (χ0n) is 20.3. The highest BCUT2D eigenvalue weighted by molar-refractivity contribution is 6.61. The first kappa shape index (κ1) is 25.0. The fourth-order valence-corrected chi connectivity index (χ4v) is 4.26. The Morgan fingerprint density at radius 2 is 1.80 bits per heavy atom. The van der Waals surface area contributed by atoms with Crippen molar-refractivity contribution >= 4 is 24.6 Å². The van der Waals surface area contributed by atoms with Crippen LogP contribution in [-0.4, -0.2) is 70.9 Å². The summed E-state index contributed by atoms with van der Waals surface area (Å²) in [4.78, 5) is 27.3. The standard InChI is InChI=1S/C25H31BN2O7/c1-25(2,3)34-24(31)28-11-9-27(10-12-28)16-17-5-4-6-18(13-17)33-19-7-8-20-21(14-19)26(32)35-22(20)15-23(29)30/h4-8,13-14,22,32H,9-12,15-16H2,1-3H3,(H,29,30). The van der Waals surface area contributed by atoms with Crippen LogP contribution in [0.3, 0.4) is 0 Å². The summed E-state index contributed by atoms with van der Waals surface area (Å²) in [6.07, 6.45) is -1.16. The minimum atomic E-state index is -1.18. The molecule has 186 valence electrons. The van der Waals surface area contributed by atoms with Crippen molar-refractivity contribution in [3.63, 3.8) is 0 Å². The van der Waals surface area contributed by atoms with Gasteiger partial charge in [-0.1, -0.05) is 18.2 Å². The van der Waals surface area contributed by atoms with E-state index in [2.05, 4.69) is 4.90 Å². The molecule has 0 radical (unpaired) electrons. The number of nitrogens with zero attached hydrogens (tertiary/aromatic N) is 2. The smallest absolute Gasteiger partial charge is 0.481 e. The Labute approximate surface area is 205 Å². The molecule has 0 bridgehead atoms. The summed E-state index contributed by atoms with van der Waals surface area (Å²) >= 11 is 0. The van der Waals surface area contributed by atoms with Crippen LogP contribution in [0.5, 0.6) is 11.5 Å². The molecule has 2 heterocycles. The van der Waals surface area contributed by atoms with Crippen LogP contribution < -0.4 is 10.2 Å². The lowest BCUT2D eigenvalue weighted by atomic mass is 9.79. The van der Waals surface area contributed by atoms with E-state index in [1.54, 1.807) is 23.1 Å². The maximum atomic E-state index is 12.3. The fourth-order valence-electron chi connectivity index (χ4n) is 4.26. The van der Waals surface area contributed by atoms with Crippen molar-refractivity contribution < 1.29 is 33.8 Å². The fraction of sp³-hybridized carbons (Fsp3) is 0.440. The van der Waals surface area contributed by atoms with Gasteiger partial charge in [-0.15, -0.1) is 0 Å². The van der Waals surface area contributed by atoms with Crippen molar-refractivity contribution in [2.45, 2.75) is 45.4 Å². The number of hydrogen-bond donors (Lipinski definition) is 2. The molecule has 10 heteroatoms. The van der Waals surface area contributed by atoms with Crippen molar-refractivity contribution in [1.82, 2.24) is 9.80 Å². The summed E-state index contributed by atoms with van der Waals surface area (Å²) in [7, 11) is -1.18. The number of rotatable bonds is 6. The number of amides is 1. The van der Waals surface area contributed by atoms with Gasteiger partial charge in [0.2, 0.25) is 0 Å². The van der Waals surface area contributed by atoms with Gasteiger partial charge in [0.05, 0.1) is 12.5 Å². The second-order valence-corrected chi connectivity index (χ2v) is 9.86. The van der Waals surface area contributed by atoms with Crippen LogP contribution in [0.25, 0.3) is 0 Å². The number of benzene rings is 2. The third kappa shape index (κ3) is 6.53. The van der Waals surface area contributed by atoms with Gasteiger partial charge in [-0.05, 0) is 61.6 Å². The molecule has 1 atom stereocenters. The largest absolute Gasteiger partial charge is 0.492 e. The molecule has 1 unspecified atom stereocenters. The molecule has 1 fully saturated rings. The second-order valence-electron chi connectivity index (χ2n) is 9.86. The van der Waals surface area contributed by atoms with Gasteiger partial charge in [0.15, 0.2) is 0 Å². The zero-order valence-corrected chi connectivity index (χ0v) is 20.3. The Morgan fingerprint density at radius 1 is 1.09 bits per heavy atom. The lowest BCUT2D eigenvalue weighted by Gasteiger charge is -2.35. The molecular formula is C25H31BN2O7. The minimum Gasteiger partial charge on any atom is -0.481 e. The number of carbonyl (C=O) groups excluding carboxylic acids is 1. The number of aliphatic carboxylic acids is 1. The van der Waals surface area contributed by atoms with Crippen molar-refractivity contribution in [3.05, 3.63) is 53.6 Å². The predicted octanol–water partition coefficient (Wildman–Crippen LogP) is 2.77. The Morgan fingerprint density at radius 3 is 2.49 bits per heavy atom. The third-order valence-corrected chi connectivity index (χ3v) is 5.89. The molecule has 2 aliphatic rings. The molecular weight excluding hydrogens is 451 g/mol. The molecule has 1 saturated heterocycles. The Hall–Kier alpha value is -3.08. The van der Waals surface area contributed by atoms with Crippen LogP contribution in [0, 0.1) is 0 Å². The molecule has 4 rings (SSSR count). The summed E-state index contributed by atoms with van der Waals surface area (Å²) < 4.78 is 16.9. The number of carbonyl (C=O) groups is 2. The van der Waals surface area contributed by atoms with Crippen LogP contribution in [0.4, 0.5) is 4.79 Å².